The standard InChI is InChI=1S/C16H18N2O/c1-17-14-8-7-12-10-18(11-13(12)9-14)15-5-3-4-6-16(15)19-2/h3-9,17H,10-11H2,1-2H3. The summed E-state index contributed by atoms with van der Waals surface area (Å²) >= 11 is 0. The van der Waals surface area contributed by atoms with Crippen LogP contribution in [0, 0.1) is 0 Å². The van der Waals surface area contributed by atoms with Crippen LogP contribution in [0.1, 0.15) is 11.1 Å². The van der Waals surface area contributed by atoms with Gasteiger partial charge in [-0.2, -0.15) is 0 Å². The minimum atomic E-state index is 0.934. The summed E-state index contributed by atoms with van der Waals surface area (Å²) in [6.07, 6.45) is 0. The van der Waals surface area contributed by atoms with Gasteiger partial charge in [-0.1, -0.05) is 18.2 Å². The van der Waals surface area contributed by atoms with Gasteiger partial charge >= 0.3 is 0 Å². The molecule has 1 aliphatic heterocycles. The van der Waals surface area contributed by atoms with Crippen LogP contribution < -0.4 is 15.0 Å². The smallest absolute Gasteiger partial charge is 0.142 e. The summed E-state index contributed by atoms with van der Waals surface area (Å²) in [6, 6.07) is 14.7. The Labute approximate surface area is 113 Å². The van der Waals surface area contributed by atoms with Gasteiger partial charge in [0.15, 0.2) is 0 Å². The Balaban J connectivity index is 1.91. The van der Waals surface area contributed by atoms with Crippen LogP contribution >= 0.6 is 0 Å². The van der Waals surface area contributed by atoms with Gasteiger partial charge in [0, 0.05) is 25.8 Å². The van der Waals surface area contributed by atoms with Gasteiger partial charge in [-0.15, -0.1) is 0 Å². The summed E-state index contributed by atoms with van der Waals surface area (Å²) in [7, 11) is 3.68. The number of anilines is 2. The normalized spacial score (nSPS) is 13.3. The molecule has 0 saturated carbocycles. The van der Waals surface area contributed by atoms with E-state index in [0.717, 1.165) is 24.5 Å². The van der Waals surface area contributed by atoms with Gasteiger partial charge in [-0.3, -0.25) is 0 Å². The molecular weight excluding hydrogens is 236 g/mol. The number of para-hydroxylation sites is 2. The van der Waals surface area contributed by atoms with Gasteiger partial charge in [-0.25, -0.2) is 0 Å². The van der Waals surface area contributed by atoms with Gasteiger partial charge in [-0.05, 0) is 35.4 Å². The van der Waals surface area contributed by atoms with Gasteiger partial charge in [0.2, 0.25) is 0 Å². The summed E-state index contributed by atoms with van der Waals surface area (Å²) in [4.78, 5) is 2.35. The summed E-state index contributed by atoms with van der Waals surface area (Å²) in [6.45, 7) is 1.88. The molecule has 1 aliphatic rings. The van der Waals surface area contributed by atoms with Crippen molar-refractivity contribution in [3.8, 4) is 5.75 Å². The first-order valence-corrected chi connectivity index (χ1v) is 6.49. The van der Waals surface area contributed by atoms with Crippen LogP contribution in [0.25, 0.3) is 0 Å². The second-order valence-corrected chi connectivity index (χ2v) is 4.76. The lowest BCUT2D eigenvalue weighted by Gasteiger charge is -2.20. The first kappa shape index (κ1) is 11.9. The fourth-order valence-electron chi connectivity index (χ4n) is 2.61. The Morgan fingerprint density at radius 3 is 2.63 bits per heavy atom. The second kappa shape index (κ2) is 4.84. The fourth-order valence-corrected chi connectivity index (χ4v) is 2.61. The van der Waals surface area contributed by atoms with Crippen molar-refractivity contribution in [2.24, 2.45) is 0 Å². The predicted octanol–water partition coefficient (Wildman–Crippen LogP) is 3.26. The van der Waals surface area contributed by atoms with Crippen LogP contribution in [0.15, 0.2) is 42.5 Å². The number of fused-ring (bicyclic) bond motifs is 1. The molecular formula is C16H18N2O. The largest absolute Gasteiger partial charge is 0.495 e. The van der Waals surface area contributed by atoms with Crippen LogP contribution in [-0.4, -0.2) is 14.2 Å². The first-order chi connectivity index (χ1) is 9.31. The van der Waals surface area contributed by atoms with Crippen molar-refractivity contribution in [1.82, 2.24) is 0 Å². The van der Waals surface area contributed by atoms with Gasteiger partial charge in [0.05, 0.1) is 12.8 Å². The Hall–Kier alpha value is -2.16. The van der Waals surface area contributed by atoms with Crippen molar-refractivity contribution in [2.75, 3.05) is 24.4 Å². The van der Waals surface area contributed by atoms with E-state index in [-0.39, 0.29) is 0 Å². The van der Waals surface area contributed by atoms with Crippen LogP contribution in [0.2, 0.25) is 0 Å². The third-order valence-electron chi connectivity index (χ3n) is 3.64. The van der Waals surface area contributed by atoms with Gasteiger partial charge < -0.3 is 15.0 Å². The molecule has 3 nitrogen and oxygen atoms in total. The topological polar surface area (TPSA) is 24.5 Å². The maximum Gasteiger partial charge on any atom is 0.142 e. The van der Waals surface area contributed by atoms with Crippen molar-refractivity contribution in [3.63, 3.8) is 0 Å². The quantitative estimate of drug-likeness (QED) is 0.910. The van der Waals surface area contributed by atoms with Crippen LogP contribution in [0.4, 0.5) is 11.4 Å². The lowest BCUT2D eigenvalue weighted by atomic mass is 10.1. The Bertz CT molecular complexity index is 595. The van der Waals surface area contributed by atoms with Crippen LogP contribution in [0.3, 0.4) is 0 Å². The molecule has 98 valence electrons. The zero-order valence-corrected chi connectivity index (χ0v) is 11.3. The van der Waals surface area contributed by atoms with Crippen LogP contribution in [0.5, 0.6) is 5.75 Å². The van der Waals surface area contributed by atoms with E-state index in [9.17, 15) is 0 Å². The number of hydrogen-bond acceptors (Lipinski definition) is 3. The average molecular weight is 254 g/mol. The van der Waals surface area contributed by atoms with Crippen molar-refractivity contribution < 1.29 is 4.74 Å². The Morgan fingerprint density at radius 2 is 1.84 bits per heavy atom. The number of methoxy groups -OCH3 is 1. The molecule has 0 amide bonds. The van der Waals surface area contributed by atoms with Crippen molar-refractivity contribution in [3.05, 3.63) is 53.6 Å². The van der Waals surface area contributed by atoms with Gasteiger partial charge in [0.25, 0.3) is 0 Å². The Morgan fingerprint density at radius 1 is 1.05 bits per heavy atom. The van der Waals surface area contributed by atoms with E-state index >= 15 is 0 Å². The molecule has 2 aromatic carbocycles. The molecule has 0 aliphatic carbocycles. The van der Waals surface area contributed by atoms with E-state index in [4.69, 9.17) is 4.74 Å². The van der Waals surface area contributed by atoms with Crippen molar-refractivity contribution >= 4 is 11.4 Å². The molecule has 0 atom stereocenters. The lowest BCUT2D eigenvalue weighted by molar-refractivity contribution is 0.414. The highest BCUT2D eigenvalue weighted by Crippen LogP contribution is 2.35. The van der Waals surface area contributed by atoms with E-state index in [0.29, 0.717) is 0 Å². The molecule has 0 bridgehead atoms. The summed E-state index contributed by atoms with van der Waals surface area (Å²) in [5, 5.41) is 3.19. The molecule has 0 aromatic heterocycles. The maximum absolute atomic E-state index is 5.45. The highest BCUT2D eigenvalue weighted by molar-refractivity contribution is 5.62. The predicted molar refractivity (Wildman–Crippen MR) is 78.9 cm³/mol. The lowest BCUT2D eigenvalue weighted by Crippen LogP contribution is -2.15. The van der Waals surface area contributed by atoms with E-state index in [1.165, 1.54) is 16.8 Å². The third-order valence-corrected chi connectivity index (χ3v) is 3.64. The highest BCUT2D eigenvalue weighted by atomic mass is 16.5. The molecule has 0 saturated heterocycles. The number of nitrogens with zero attached hydrogens (tertiary/aromatic N) is 1. The molecule has 1 N–H and O–H groups in total. The van der Waals surface area contributed by atoms with E-state index in [2.05, 4.69) is 40.5 Å². The fraction of sp³-hybridized carbons (Fsp3) is 0.250. The number of nitrogens with one attached hydrogen (secondary N) is 1. The highest BCUT2D eigenvalue weighted by Gasteiger charge is 2.21. The van der Waals surface area contributed by atoms with Crippen LogP contribution in [-0.2, 0) is 13.1 Å². The summed E-state index contributed by atoms with van der Waals surface area (Å²) < 4.78 is 5.45. The van der Waals surface area contributed by atoms with Gasteiger partial charge in [0.1, 0.15) is 5.75 Å². The monoisotopic (exact) mass is 254 g/mol. The zero-order valence-electron chi connectivity index (χ0n) is 11.3. The molecule has 0 spiro atoms. The molecule has 0 unspecified atom stereocenters. The summed E-state index contributed by atoms with van der Waals surface area (Å²) in [5.74, 6) is 0.934. The average Bonchev–Trinajstić information content (AvgIpc) is 2.89. The molecule has 0 radical (unpaired) electrons. The first-order valence-electron chi connectivity index (χ1n) is 6.49. The van der Waals surface area contributed by atoms with Crippen molar-refractivity contribution in [2.45, 2.75) is 13.1 Å². The number of hydrogen-bond donors (Lipinski definition) is 1. The van der Waals surface area contributed by atoms with E-state index in [1.807, 2.05) is 19.2 Å². The molecule has 3 rings (SSSR count). The molecule has 1 heterocycles. The number of ether oxygens (including phenoxy) is 1. The van der Waals surface area contributed by atoms with E-state index in [1.54, 1.807) is 7.11 Å². The minimum Gasteiger partial charge on any atom is -0.495 e. The molecule has 3 heteroatoms. The molecule has 0 fully saturated rings. The minimum absolute atomic E-state index is 0.934. The Kier molecular flexibility index (Phi) is 3.03. The third kappa shape index (κ3) is 2.12. The number of rotatable bonds is 3. The molecule has 19 heavy (non-hydrogen) atoms. The number of benzene rings is 2. The molecule has 2 aromatic rings. The zero-order chi connectivity index (χ0) is 13.2. The van der Waals surface area contributed by atoms with E-state index < -0.39 is 0 Å². The second-order valence-electron chi connectivity index (χ2n) is 4.76. The maximum atomic E-state index is 5.45. The summed E-state index contributed by atoms with van der Waals surface area (Å²) in [5.41, 5.74) is 5.11. The SMILES string of the molecule is CNc1ccc2c(c1)CN(c1ccccc1OC)C2. The van der Waals surface area contributed by atoms with Crippen molar-refractivity contribution in [1.29, 1.82) is 0 Å².